The highest BCUT2D eigenvalue weighted by Crippen LogP contribution is 2.32. The summed E-state index contributed by atoms with van der Waals surface area (Å²) in [5.41, 5.74) is 0. The quantitative estimate of drug-likeness (QED) is 0.530. The van der Waals surface area contributed by atoms with Gasteiger partial charge < -0.3 is 19.0 Å². The summed E-state index contributed by atoms with van der Waals surface area (Å²) >= 11 is 6.48. The first-order valence-corrected chi connectivity index (χ1v) is 10.2. The van der Waals surface area contributed by atoms with E-state index in [1.165, 1.54) is 22.9 Å². The number of thiocarbonyl (C=S) groups is 1. The van der Waals surface area contributed by atoms with Crippen molar-refractivity contribution < 1.29 is 23.5 Å². The molecule has 28 heavy (non-hydrogen) atoms. The molecule has 0 unspecified atom stereocenters. The minimum absolute atomic E-state index is 0.0624. The number of carbonyl (C=O) groups is 3. The van der Waals surface area contributed by atoms with E-state index in [4.69, 9.17) is 21.4 Å². The third-order valence-electron chi connectivity index (χ3n) is 4.40. The van der Waals surface area contributed by atoms with E-state index in [1.807, 2.05) is 0 Å². The van der Waals surface area contributed by atoms with Gasteiger partial charge in [0.1, 0.15) is 10.1 Å². The van der Waals surface area contributed by atoms with Gasteiger partial charge in [0, 0.05) is 45.2 Å². The Morgan fingerprint density at radius 2 is 2.00 bits per heavy atom. The van der Waals surface area contributed by atoms with E-state index in [0.29, 0.717) is 47.8 Å². The molecule has 1 aromatic heterocycles. The van der Waals surface area contributed by atoms with Crippen LogP contribution in [0.4, 0.5) is 4.79 Å². The molecule has 3 heterocycles. The fourth-order valence-corrected chi connectivity index (χ4v) is 4.20. The van der Waals surface area contributed by atoms with Crippen molar-refractivity contribution in [2.45, 2.75) is 13.3 Å². The average molecular weight is 424 g/mol. The van der Waals surface area contributed by atoms with E-state index in [0.717, 1.165) is 0 Å². The van der Waals surface area contributed by atoms with Gasteiger partial charge in [0.05, 0.1) is 17.8 Å². The van der Waals surface area contributed by atoms with Crippen LogP contribution in [0.1, 0.15) is 19.1 Å². The van der Waals surface area contributed by atoms with Gasteiger partial charge in [-0.2, -0.15) is 0 Å². The molecule has 0 atom stereocenters. The first kappa shape index (κ1) is 20.4. The lowest BCUT2D eigenvalue weighted by Gasteiger charge is -2.34. The van der Waals surface area contributed by atoms with E-state index in [9.17, 15) is 14.4 Å². The van der Waals surface area contributed by atoms with Crippen LogP contribution in [0, 0.1) is 0 Å². The van der Waals surface area contributed by atoms with Crippen LogP contribution in [-0.2, 0) is 14.3 Å². The number of nitrogens with zero attached hydrogens (tertiary/aromatic N) is 3. The molecule has 2 saturated heterocycles. The average Bonchev–Trinajstić information content (AvgIpc) is 3.29. The summed E-state index contributed by atoms with van der Waals surface area (Å²) in [6.07, 6.45) is 3.01. The number of rotatable bonds is 5. The monoisotopic (exact) mass is 423 g/mol. The number of amides is 3. The van der Waals surface area contributed by atoms with Gasteiger partial charge in [0.2, 0.25) is 5.91 Å². The number of thioether (sulfide) groups is 1. The molecule has 0 radical (unpaired) electrons. The molecule has 150 valence electrons. The molecule has 0 aliphatic carbocycles. The first-order valence-electron chi connectivity index (χ1n) is 8.98. The zero-order valence-electron chi connectivity index (χ0n) is 15.5. The lowest BCUT2D eigenvalue weighted by atomic mass is 10.2. The molecule has 8 nitrogen and oxygen atoms in total. The number of carbonyl (C=O) groups excluding carboxylic acids is 3. The fraction of sp³-hybridized carbons (Fsp3) is 0.444. The standard InChI is InChI=1S/C18H21N3O5S2/c1-2-25-17(24)20-9-7-19(8-10-20)15(22)5-6-21-16(23)14(28-18(21)27)12-13-4-3-11-26-13/h3-4,11-12H,2,5-10H2,1H3/b14-12-. The summed E-state index contributed by atoms with van der Waals surface area (Å²) in [4.78, 5) is 42.0. The summed E-state index contributed by atoms with van der Waals surface area (Å²) in [5.74, 6) is 0.301. The Bertz CT molecular complexity index is 785. The summed E-state index contributed by atoms with van der Waals surface area (Å²) < 4.78 is 10.6. The Morgan fingerprint density at radius 3 is 2.64 bits per heavy atom. The van der Waals surface area contributed by atoms with Crippen LogP contribution in [0.2, 0.25) is 0 Å². The van der Waals surface area contributed by atoms with Gasteiger partial charge in [-0.15, -0.1) is 0 Å². The number of ether oxygens (including phenoxy) is 1. The van der Waals surface area contributed by atoms with Crippen molar-refractivity contribution >= 4 is 52.3 Å². The zero-order valence-corrected chi connectivity index (χ0v) is 17.1. The maximum Gasteiger partial charge on any atom is 0.409 e. The van der Waals surface area contributed by atoms with Crippen molar-refractivity contribution in [3.63, 3.8) is 0 Å². The van der Waals surface area contributed by atoms with Crippen LogP contribution in [0.3, 0.4) is 0 Å². The molecule has 0 bridgehead atoms. The van der Waals surface area contributed by atoms with E-state index in [2.05, 4.69) is 0 Å². The molecule has 0 N–H and O–H groups in total. The van der Waals surface area contributed by atoms with Gasteiger partial charge >= 0.3 is 6.09 Å². The normalized spacial score (nSPS) is 18.9. The van der Waals surface area contributed by atoms with Gasteiger partial charge in [-0.05, 0) is 19.1 Å². The van der Waals surface area contributed by atoms with E-state index in [-0.39, 0.29) is 30.9 Å². The van der Waals surface area contributed by atoms with Gasteiger partial charge in [0.25, 0.3) is 5.91 Å². The smallest absolute Gasteiger partial charge is 0.409 e. The van der Waals surface area contributed by atoms with Gasteiger partial charge in [-0.1, -0.05) is 24.0 Å². The van der Waals surface area contributed by atoms with Crippen molar-refractivity contribution in [1.82, 2.24) is 14.7 Å². The van der Waals surface area contributed by atoms with E-state index in [1.54, 1.807) is 34.9 Å². The number of hydrogen-bond donors (Lipinski definition) is 0. The molecular formula is C18H21N3O5S2. The molecule has 1 aromatic rings. The Kier molecular flexibility index (Phi) is 6.74. The van der Waals surface area contributed by atoms with Crippen molar-refractivity contribution in [3.8, 4) is 0 Å². The lowest BCUT2D eigenvalue weighted by Crippen LogP contribution is -2.51. The molecule has 0 saturated carbocycles. The molecule has 2 aliphatic heterocycles. The van der Waals surface area contributed by atoms with Crippen LogP contribution in [0.5, 0.6) is 0 Å². The minimum Gasteiger partial charge on any atom is -0.465 e. The number of furan rings is 1. The largest absolute Gasteiger partial charge is 0.465 e. The predicted octanol–water partition coefficient (Wildman–Crippen LogP) is 2.17. The Balaban J connectivity index is 1.49. The van der Waals surface area contributed by atoms with Crippen LogP contribution in [0.25, 0.3) is 6.08 Å². The third-order valence-corrected chi connectivity index (χ3v) is 5.78. The van der Waals surface area contributed by atoms with Gasteiger partial charge in [0.15, 0.2) is 0 Å². The molecule has 2 fully saturated rings. The highest BCUT2D eigenvalue weighted by Gasteiger charge is 2.33. The predicted molar refractivity (Wildman–Crippen MR) is 108 cm³/mol. The lowest BCUT2D eigenvalue weighted by molar-refractivity contribution is -0.133. The Labute approximate surface area is 172 Å². The molecule has 3 rings (SSSR count). The maximum atomic E-state index is 12.5. The van der Waals surface area contributed by atoms with Crippen molar-refractivity contribution in [2.75, 3.05) is 39.3 Å². The summed E-state index contributed by atoms with van der Waals surface area (Å²) in [5, 5.41) is 0. The maximum absolute atomic E-state index is 12.5. The number of hydrogen-bond acceptors (Lipinski definition) is 7. The van der Waals surface area contributed by atoms with E-state index < -0.39 is 0 Å². The second-order valence-corrected chi connectivity index (χ2v) is 7.84. The third kappa shape index (κ3) is 4.74. The summed E-state index contributed by atoms with van der Waals surface area (Å²) in [7, 11) is 0. The summed E-state index contributed by atoms with van der Waals surface area (Å²) in [6.45, 7) is 4.11. The van der Waals surface area contributed by atoms with Gasteiger partial charge in [-0.25, -0.2) is 4.79 Å². The van der Waals surface area contributed by atoms with Crippen LogP contribution < -0.4 is 0 Å². The van der Waals surface area contributed by atoms with Crippen LogP contribution in [0.15, 0.2) is 27.7 Å². The summed E-state index contributed by atoms with van der Waals surface area (Å²) in [6, 6.07) is 3.50. The van der Waals surface area contributed by atoms with Crippen molar-refractivity contribution in [1.29, 1.82) is 0 Å². The fourth-order valence-electron chi connectivity index (χ4n) is 2.91. The van der Waals surface area contributed by atoms with Crippen LogP contribution >= 0.6 is 24.0 Å². The van der Waals surface area contributed by atoms with Crippen molar-refractivity contribution in [2.24, 2.45) is 0 Å². The second kappa shape index (κ2) is 9.24. The van der Waals surface area contributed by atoms with Crippen LogP contribution in [-0.4, -0.2) is 76.3 Å². The van der Waals surface area contributed by atoms with Crippen molar-refractivity contribution in [3.05, 3.63) is 29.1 Å². The number of piperazine rings is 1. The molecule has 0 aromatic carbocycles. The highest BCUT2D eigenvalue weighted by atomic mass is 32.2. The molecule has 3 amide bonds. The SMILES string of the molecule is CCOC(=O)N1CCN(C(=O)CCN2C(=O)/C(=C/c3ccco3)SC2=S)CC1. The molecule has 2 aliphatic rings. The Hall–Kier alpha value is -2.33. The second-order valence-electron chi connectivity index (χ2n) is 6.17. The van der Waals surface area contributed by atoms with E-state index >= 15 is 0 Å². The highest BCUT2D eigenvalue weighted by molar-refractivity contribution is 8.26. The molecular weight excluding hydrogens is 402 g/mol. The molecule has 10 heteroatoms. The minimum atomic E-state index is -0.351. The first-order chi connectivity index (χ1) is 13.5. The van der Waals surface area contributed by atoms with Gasteiger partial charge in [-0.3, -0.25) is 14.5 Å². The zero-order chi connectivity index (χ0) is 20.1. The topological polar surface area (TPSA) is 83.3 Å². The Morgan fingerprint density at radius 1 is 1.29 bits per heavy atom. The molecule has 0 spiro atoms.